The lowest BCUT2D eigenvalue weighted by atomic mass is 10.1. The number of nitrogens with one attached hydrogen (secondary N) is 1. The number of imide groups is 1. The summed E-state index contributed by atoms with van der Waals surface area (Å²) < 4.78 is 0. The number of hydrogen-bond acceptors (Lipinski definition) is 4. The zero-order chi connectivity index (χ0) is 14.3. The molecule has 0 aliphatic carbocycles. The highest BCUT2D eigenvalue weighted by Gasteiger charge is 2.46. The van der Waals surface area contributed by atoms with Crippen LogP contribution in [0.2, 0.25) is 0 Å². The first-order chi connectivity index (χ1) is 9.58. The summed E-state index contributed by atoms with van der Waals surface area (Å²) in [5, 5.41) is 3.14. The van der Waals surface area contributed by atoms with Gasteiger partial charge < -0.3 is 10.2 Å². The molecule has 6 nitrogen and oxygen atoms in total. The lowest BCUT2D eigenvalue weighted by Crippen LogP contribution is -2.63. The molecule has 20 heavy (non-hydrogen) atoms. The lowest BCUT2D eigenvalue weighted by molar-refractivity contribution is -0.133. The topological polar surface area (TPSA) is 65.0 Å². The Labute approximate surface area is 117 Å². The number of fused-ring (bicyclic) bond motifs is 1. The minimum absolute atomic E-state index is 0.232. The maximum Gasteiger partial charge on any atom is 0.328 e. The van der Waals surface area contributed by atoms with Crippen molar-refractivity contribution in [1.29, 1.82) is 0 Å². The number of carbonyl (C=O) groups excluding carboxylic acids is 2. The van der Waals surface area contributed by atoms with Gasteiger partial charge in [0.15, 0.2) is 6.17 Å². The molecule has 0 aromatic heterocycles. The van der Waals surface area contributed by atoms with E-state index in [4.69, 9.17) is 0 Å². The van der Waals surface area contributed by atoms with Crippen LogP contribution >= 0.6 is 0 Å². The van der Waals surface area contributed by atoms with Gasteiger partial charge in [-0.05, 0) is 5.56 Å². The molecule has 2 aliphatic rings. The number of nitrogens with zero attached hydrogens (tertiary/aromatic N) is 3. The molecule has 0 spiro atoms. The second-order valence-corrected chi connectivity index (χ2v) is 5.06. The molecule has 104 valence electrons. The van der Waals surface area contributed by atoms with Crippen LogP contribution in [0.1, 0.15) is 5.56 Å². The number of carbonyl (C=O) groups is 2. The van der Waals surface area contributed by atoms with Crippen molar-refractivity contribution in [2.75, 3.05) is 14.1 Å². The molecule has 1 fully saturated rings. The first-order valence-electron chi connectivity index (χ1n) is 6.49. The number of likely N-dealkylation sites (N-methyl/N-ethyl adjacent to an activating group) is 2. The molecule has 0 radical (unpaired) electrons. The summed E-state index contributed by atoms with van der Waals surface area (Å²) >= 11 is 0. The summed E-state index contributed by atoms with van der Waals surface area (Å²) in [4.78, 5) is 31.1. The number of urea groups is 1. The Morgan fingerprint density at radius 3 is 2.60 bits per heavy atom. The maximum atomic E-state index is 12.1. The fourth-order valence-electron chi connectivity index (χ4n) is 2.56. The third-order valence-corrected chi connectivity index (χ3v) is 3.70. The van der Waals surface area contributed by atoms with E-state index in [0.29, 0.717) is 6.42 Å². The zero-order valence-electron chi connectivity index (χ0n) is 11.4. The van der Waals surface area contributed by atoms with Crippen LogP contribution in [0.25, 0.3) is 0 Å². The SMILES string of the molecule is CN1C(=O)[C@H]2NC(Cc3ccccc3)=N[C@@H]2N(C)C1=O. The monoisotopic (exact) mass is 272 g/mol. The van der Waals surface area contributed by atoms with Gasteiger partial charge in [0, 0.05) is 20.5 Å². The van der Waals surface area contributed by atoms with Gasteiger partial charge in [0.25, 0.3) is 5.91 Å². The van der Waals surface area contributed by atoms with Crippen LogP contribution < -0.4 is 5.32 Å². The summed E-state index contributed by atoms with van der Waals surface area (Å²) in [7, 11) is 3.16. The molecule has 2 atom stereocenters. The van der Waals surface area contributed by atoms with Crippen molar-refractivity contribution in [1.82, 2.24) is 15.1 Å². The van der Waals surface area contributed by atoms with E-state index in [9.17, 15) is 9.59 Å². The highest BCUT2D eigenvalue weighted by atomic mass is 16.2. The summed E-state index contributed by atoms with van der Waals surface area (Å²) in [6, 6.07) is 9.12. The molecule has 0 unspecified atom stereocenters. The van der Waals surface area contributed by atoms with E-state index >= 15 is 0 Å². The van der Waals surface area contributed by atoms with E-state index in [-0.39, 0.29) is 11.9 Å². The fourth-order valence-corrected chi connectivity index (χ4v) is 2.56. The molecule has 3 rings (SSSR count). The first-order valence-corrected chi connectivity index (χ1v) is 6.49. The Morgan fingerprint density at radius 2 is 1.90 bits per heavy atom. The number of benzene rings is 1. The third-order valence-electron chi connectivity index (χ3n) is 3.70. The van der Waals surface area contributed by atoms with E-state index in [0.717, 1.165) is 16.3 Å². The number of hydrogen-bond donors (Lipinski definition) is 1. The molecule has 1 aromatic rings. The fraction of sp³-hybridized carbons (Fsp3) is 0.357. The van der Waals surface area contributed by atoms with E-state index in [1.165, 1.54) is 11.9 Å². The van der Waals surface area contributed by atoms with Crippen molar-refractivity contribution in [3.05, 3.63) is 35.9 Å². The van der Waals surface area contributed by atoms with E-state index < -0.39 is 12.2 Å². The van der Waals surface area contributed by atoms with Crippen molar-refractivity contribution >= 4 is 17.8 Å². The van der Waals surface area contributed by atoms with Crippen molar-refractivity contribution in [3.8, 4) is 0 Å². The molecule has 2 aliphatic heterocycles. The van der Waals surface area contributed by atoms with Gasteiger partial charge >= 0.3 is 6.03 Å². The molecule has 1 saturated heterocycles. The first kappa shape index (κ1) is 12.7. The van der Waals surface area contributed by atoms with Crippen LogP contribution in [0, 0.1) is 0 Å². The van der Waals surface area contributed by atoms with Crippen molar-refractivity contribution in [3.63, 3.8) is 0 Å². The van der Waals surface area contributed by atoms with E-state index in [1.807, 2.05) is 30.3 Å². The number of amides is 3. The molecule has 1 N–H and O–H groups in total. The second-order valence-electron chi connectivity index (χ2n) is 5.06. The van der Waals surface area contributed by atoms with Crippen LogP contribution in [0.3, 0.4) is 0 Å². The van der Waals surface area contributed by atoms with E-state index in [1.54, 1.807) is 7.05 Å². The molecule has 1 aromatic carbocycles. The Hall–Kier alpha value is -2.37. The molecule has 3 amide bonds. The molecule has 2 heterocycles. The van der Waals surface area contributed by atoms with Gasteiger partial charge in [-0.15, -0.1) is 0 Å². The highest BCUT2D eigenvalue weighted by molar-refractivity contribution is 6.04. The normalized spacial score (nSPS) is 25.4. The molecular weight excluding hydrogens is 256 g/mol. The average molecular weight is 272 g/mol. The van der Waals surface area contributed by atoms with Gasteiger partial charge in [-0.2, -0.15) is 0 Å². The van der Waals surface area contributed by atoms with Crippen molar-refractivity contribution in [2.45, 2.75) is 18.6 Å². The predicted octanol–water partition coefficient (Wildman–Crippen LogP) is 0.449. The zero-order valence-corrected chi connectivity index (χ0v) is 11.4. The Bertz CT molecular complexity index is 584. The molecule has 0 bridgehead atoms. The lowest BCUT2D eigenvalue weighted by Gasteiger charge is -2.36. The van der Waals surface area contributed by atoms with Crippen molar-refractivity contribution < 1.29 is 9.59 Å². The summed E-state index contributed by atoms with van der Waals surface area (Å²) in [6.45, 7) is 0. The van der Waals surface area contributed by atoms with Gasteiger partial charge in [-0.25, -0.2) is 9.79 Å². The van der Waals surface area contributed by atoms with Gasteiger partial charge in [-0.3, -0.25) is 9.69 Å². The van der Waals surface area contributed by atoms with Crippen molar-refractivity contribution in [2.24, 2.45) is 4.99 Å². The number of amidine groups is 1. The van der Waals surface area contributed by atoms with Crippen LogP contribution in [0.5, 0.6) is 0 Å². The average Bonchev–Trinajstić information content (AvgIpc) is 2.88. The van der Waals surface area contributed by atoms with Crippen LogP contribution in [0.15, 0.2) is 35.3 Å². The summed E-state index contributed by atoms with van der Waals surface area (Å²) in [6.07, 6.45) is 0.192. The Morgan fingerprint density at radius 1 is 1.20 bits per heavy atom. The summed E-state index contributed by atoms with van der Waals surface area (Å²) in [5.74, 6) is 0.513. The van der Waals surface area contributed by atoms with E-state index in [2.05, 4.69) is 10.3 Å². The standard InChI is InChI=1S/C14H16N4O2/c1-17-12-11(13(19)18(2)14(17)20)15-10(16-12)8-9-6-4-3-5-7-9/h3-7,11-12H,8H2,1-2H3,(H,15,16)/t11-,12+/m0/s1. The maximum absolute atomic E-state index is 12.1. The Balaban J connectivity index is 1.81. The number of rotatable bonds is 2. The third kappa shape index (κ3) is 1.93. The van der Waals surface area contributed by atoms with Gasteiger partial charge in [0.05, 0.1) is 0 Å². The van der Waals surface area contributed by atoms with Gasteiger partial charge in [0.2, 0.25) is 0 Å². The van der Waals surface area contributed by atoms with Gasteiger partial charge in [0.1, 0.15) is 11.9 Å². The Kier molecular flexibility index (Phi) is 2.93. The van der Waals surface area contributed by atoms with Gasteiger partial charge in [-0.1, -0.05) is 30.3 Å². The molecular formula is C14H16N4O2. The smallest absolute Gasteiger partial charge is 0.328 e. The quantitative estimate of drug-likeness (QED) is 0.850. The molecule has 0 saturated carbocycles. The van der Waals surface area contributed by atoms with Crippen LogP contribution in [-0.2, 0) is 11.2 Å². The van der Waals surface area contributed by atoms with Crippen LogP contribution in [0.4, 0.5) is 4.79 Å². The predicted molar refractivity (Wildman–Crippen MR) is 74.2 cm³/mol. The minimum Gasteiger partial charge on any atom is -0.359 e. The van der Waals surface area contributed by atoms with Crippen LogP contribution in [-0.4, -0.2) is 53.9 Å². The number of aliphatic imine (C=N–C) groups is 1. The molecule has 6 heteroatoms. The largest absolute Gasteiger partial charge is 0.359 e. The second kappa shape index (κ2) is 4.63. The minimum atomic E-state index is -0.471. The summed E-state index contributed by atoms with van der Waals surface area (Å²) in [5.41, 5.74) is 1.12. The highest BCUT2D eigenvalue weighted by Crippen LogP contribution is 2.21.